The van der Waals surface area contributed by atoms with E-state index in [0.717, 1.165) is 12.8 Å². The fraction of sp³-hybridized carbons (Fsp3) is 0.640. The summed E-state index contributed by atoms with van der Waals surface area (Å²) in [5, 5.41) is 15.7. The highest BCUT2D eigenvalue weighted by Gasteiger charge is 2.37. The molecule has 3 N–H and O–H groups in total. The van der Waals surface area contributed by atoms with E-state index in [2.05, 4.69) is 10.6 Å². The van der Waals surface area contributed by atoms with Gasteiger partial charge in [0.05, 0.1) is 0 Å². The van der Waals surface area contributed by atoms with Gasteiger partial charge in [-0.15, -0.1) is 0 Å². The molecular weight excluding hydrogens is 454 g/mol. The Labute approximate surface area is 208 Å². The summed E-state index contributed by atoms with van der Waals surface area (Å²) in [5.74, 6) is -0.0702. The molecule has 192 valence electrons. The molecule has 2 atom stereocenters. The molecule has 0 saturated heterocycles. The third-order valence-electron chi connectivity index (χ3n) is 4.95. The molecule has 0 heterocycles. The Morgan fingerprint density at radius 3 is 2.41 bits per heavy atom. The van der Waals surface area contributed by atoms with Crippen molar-refractivity contribution in [1.82, 2.24) is 15.5 Å². The fourth-order valence-electron chi connectivity index (χ4n) is 3.42. The van der Waals surface area contributed by atoms with E-state index in [1.165, 1.54) is 17.0 Å². The molecular formula is C25H41N3O5S. The predicted octanol–water partition coefficient (Wildman–Crippen LogP) is 4.23. The van der Waals surface area contributed by atoms with E-state index in [4.69, 9.17) is 4.74 Å². The van der Waals surface area contributed by atoms with Crippen molar-refractivity contribution in [2.75, 3.05) is 18.6 Å². The summed E-state index contributed by atoms with van der Waals surface area (Å²) in [6.45, 7) is 11.4. The van der Waals surface area contributed by atoms with Gasteiger partial charge >= 0.3 is 6.09 Å². The second-order valence-corrected chi connectivity index (χ2v) is 10.4. The first-order valence-corrected chi connectivity index (χ1v) is 13.2. The van der Waals surface area contributed by atoms with Gasteiger partial charge in [-0.2, -0.15) is 11.8 Å². The SMILES string of the molecule is CCCCNC(=O)C(c1cccc(O)c1)N(C(=O)C(CCSC)NC(=O)OC(C)(C)C)C(C)C. The Balaban J connectivity index is 3.36. The zero-order valence-electron chi connectivity index (χ0n) is 21.5. The van der Waals surface area contributed by atoms with Crippen LogP contribution in [0.5, 0.6) is 5.75 Å². The van der Waals surface area contributed by atoms with Crippen molar-refractivity contribution in [3.05, 3.63) is 29.8 Å². The molecule has 0 spiro atoms. The van der Waals surface area contributed by atoms with Crippen LogP contribution in [0.15, 0.2) is 24.3 Å². The molecule has 2 unspecified atom stereocenters. The lowest BCUT2D eigenvalue weighted by molar-refractivity contribution is -0.144. The topological polar surface area (TPSA) is 108 Å². The van der Waals surface area contributed by atoms with Crippen molar-refractivity contribution in [3.8, 4) is 5.75 Å². The van der Waals surface area contributed by atoms with E-state index in [9.17, 15) is 19.5 Å². The number of hydrogen-bond donors (Lipinski definition) is 3. The van der Waals surface area contributed by atoms with E-state index in [0.29, 0.717) is 24.3 Å². The molecule has 0 aliphatic carbocycles. The van der Waals surface area contributed by atoms with Crippen LogP contribution in [0.3, 0.4) is 0 Å². The number of benzene rings is 1. The number of phenolic OH excluding ortho intramolecular Hbond substituents is 1. The Kier molecular flexibility index (Phi) is 12.3. The maximum absolute atomic E-state index is 13.8. The van der Waals surface area contributed by atoms with Crippen LogP contribution in [0.2, 0.25) is 0 Å². The molecule has 1 rings (SSSR count). The van der Waals surface area contributed by atoms with Crippen LogP contribution in [-0.4, -0.2) is 64.2 Å². The highest BCUT2D eigenvalue weighted by Crippen LogP contribution is 2.28. The van der Waals surface area contributed by atoms with Gasteiger partial charge in [-0.25, -0.2) is 4.79 Å². The first-order chi connectivity index (χ1) is 15.9. The number of thioether (sulfide) groups is 1. The third-order valence-corrected chi connectivity index (χ3v) is 5.60. The van der Waals surface area contributed by atoms with Crippen molar-refractivity contribution in [3.63, 3.8) is 0 Å². The Hall–Kier alpha value is -2.42. The van der Waals surface area contributed by atoms with Crippen LogP contribution in [0, 0.1) is 0 Å². The van der Waals surface area contributed by atoms with Gasteiger partial charge in [-0.1, -0.05) is 25.5 Å². The summed E-state index contributed by atoms with van der Waals surface area (Å²) in [4.78, 5) is 41.1. The minimum Gasteiger partial charge on any atom is -0.508 e. The number of nitrogens with zero attached hydrogens (tertiary/aromatic N) is 1. The zero-order chi connectivity index (χ0) is 25.9. The van der Waals surface area contributed by atoms with Gasteiger partial charge in [0, 0.05) is 12.6 Å². The van der Waals surface area contributed by atoms with Crippen molar-refractivity contribution in [2.45, 2.75) is 84.5 Å². The molecule has 3 amide bonds. The van der Waals surface area contributed by atoms with E-state index >= 15 is 0 Å². The molecule has 8 nitrogen and oxygen atoms in total. The highest BCUT2D eigenvalue weighted by atomic mass is 32.2. The fourth-order valence-corrected chi connectivity index (χ4v) is 3.89. The molecule has 34 heavy (non-hydrogen) atoms. The lowest BCUT2D eigenvalue weighted by Crippen LogP contribution is -2.55. The van der Waals surface area contributed by atoms with Gasteiger partial charge in [0.2, 0.25) is 11.8 Å². The van der Waals surface area contributed by atoms with Gasteiger partial charge in [0.15, 0.2) is 0 Å². The monoisotopic (exact) mass is 495 g/mol. The molecule has 0 bridgehead atoms. The Morgan fingerprint density at radius 1 is 1.21 bits per heavy atom. The molecule has 0 aliphatic heterocycles. The molecule has 0 radical (unpaired) electrons. The summed E-state index contributed by atoms with van der Waals surface area (Å²) in [6.07, 6.45) is 3.35. The molecule has 1 aromatic carbocycles. The maximum Gasteiger partial charge on any atom is 0.408 e. The number of phenols is 1. The predicted molar refractivity (Wildman–Crippen MR) is 137 cm³/mol. The van der Waals surface area contributed by atoms with Gasteiger partial charge in [0.1, 0.15) is 23.4 Å². The number of amides is 3. The molecule has 0 aromatic heterocycles. The lowest BCUT2D eigenvalue weighted by Gasteiger charge is -2.37. The van der Waals surface area contributed by atoms with E-state index in [1.54, 1.807) is 44.7 Å². The number of unbranched alkanes of at least 4 members (excludes halogenated alkanes) is 1. The molecule has 1 aromatic rings. The minimum absolute atomic E-state index is 0.00539. The highest BCUT2D eigenvalue weighted by molar-refractivity contribution is 7.98. The lowest BCUT2D eigenvalue weighted by atomic mass is 10.00. The second-order valence-electron chi connectivity index (χ2n) is 9.46. The standard InChI is InChI=1S/C25H41N3O5S/c1-8-9-14-26-22(30)21(18-11-10-12-19(29)16-18)28(17(2)3)23(31)20(13-15-34-7)27-24(32)33-25(4,5)6/h10-12,16-17,20-21,29H,8-9,13-15H2,1-7H3,(H,26,30)(H,27,32). The number of ether oxygens (including phenoxy) is 1. The quantitative estimate of drug-likeness (QED) is 0.375. The Morgan fingerprint density at radius 2 is 1.88 bits per heavy atom. The first-order valence-electron chi connectivity index (χ1n) is 11.8. The van der Waals surface area contributed by atoms with Crippen molar-refractivity contribution in [2.24, 2.45) is 0 Å². The minimum atomic E-state index is -0.964. The van der Waals surface area contributed by atoms with Gasteiger partial charge in [-0.3, -0.25) is 9.59 Å². The molecule has 0 saturated carbocycles. The van der Waals surface area contributed by atoms with Gasteiger partial charge < -0.3 is 25.4 Å². The maximum atomic E-state index is 13.8. The Bertz CT molecular complexity index is 810. The summed E-state index contributed by atoms with van der Waals surface area (Å²) >= 11 is 1.56. The number of carbonyl (C=O) groups is 3. The molecule has 0 aliphatic rings. The van der Waals surface area contributed by atoms with Crippen LogP contribution < -0.4 is 10.6 Å². The number of hydrogen-bond acceptors (Lipinski definition) is 6. The summed E-state index contributed by atoms with van der Waals surface area (Å²) in [5.41, 5.74) is -0.213. The van der Waals surface area contributed by atoms with Crippen molar-refractivity contribution in [1.29, 1.82) is 0 Å². The smallest absolute Gasteiger partial charge is 0.408 e. The van der Waals surface area contributed by atoms with Crippen LogP contribution in [-0.2, 0) is 14.3 Å². The average Bonchev–Trinajstić information content (AvgIpc) is 2.72. The largest absolute Gasteiger partial charge is 0.508 e. The summed E-state index contributed by atoms with van der Waals surface area (Å²) in [6, 6.07) is 4.18. The van der Waals surface area contributed by atoms with E-state index in [1.807, 2.05) is 27.0 Å². The molecule has 9 heteroatoms. The number of aromatic hydroxyl groups is 1. The van der Waals surface area contributed by atoms with Crippen LogP contribution in [0.1, 0.15) is 72.4 Å². The van der Waals surface area contributed by atoms with Crippen LogP contribution in [0.4, 0.5) is 4.79 Å². The summed E-state index contributed by atoms with van der Waals surface area (Å²) < 4.78 is 5.37. The van der Waals surface area contributed by atoms with E-state index in [-0.39, 0.29) is 23.6 Å². The van der Waals surface area contributed by atoms with Crippen molar-refractivity contribution < 1.29 is 24.2 Å². The second kappa shape index (κ2) is 14.1. The number of carbonyl (C=O) groups excluding carboxylic acids is 3. The third kappa shape index (κ3) is 9.83. The van der Waals surface area contributed by atoms with Gasteiger partial charge in [-0.05, 0) is 77.2 Å². The summed E-state index contributed by atoms with van der Waals surface area (Å²) in [7, 11) is 0. The van der Waals surface area contributed by atoms with Crippen LogP contribution >= 0.6 is 11.8 Å². The number of nitrogens with one attached hydrogen (secondary N) is 2. The van der Waals surface area contributed by atoms with Gasteiger partial charge in [0.25, 0.3) is 0 Å². The zero-order valence-corrected chi connectivity index (χ0v) is 22.3. The normalized spacial score (nSPS) is 13.2. The first kappa shape index (κ1) is 29.6. The van der Waals surface area contributed by atoms with Crippen LogP contribution in [0.25, 0.3) is 0 Å². The van der Waals surface area contributed by atoms with E-state index < -0.39 is 23.8 Å². The average molecular weight is 496 g/mol. The van der Waals surface area contributed by atoms with Crippen molar-refractivity contribution >= 4 is 29.7 Å². The number of alkyl carbamates (subject to hydrolysis) is 1. The number of rotatable bonds is 12. The molecule has 0 fully saturated rings.